The number of hydrogen-bond donors (Lipinski definition) is 1. The van der Waals surface area contributed by atoms with Crippen LogP contribution in [-0.4, -0.2) is 30.1 Å². The van der Waals surface area contributed by atoms with Gasteiger partial charge in [0, 0.05) is 18.1 Å². The van der Waals surface area contributed by atoms with Crippen molar-refractivity contribution in [2.75, 3.05) is 13.6 Å². The number of hydrogen-bond acceptors (Lipinski definition) is 2. The SMILES string of the molecule is Cc1cc(CN(C)C2CCNC(C)(C)C2)ccc1F. The molecular weight excluding hydrogens is 239 g/mol. The minimum absolute atomic E-state index is 0.116. The van der Waals surface area contributed by atoms with E-state index in [4.69, 9.17) is 0 Å². The molecule has 0 spiro atoms. The molecule has 1 aromatic carbocycles. The van der Waals surface area contributed by atoms with E-state index in [1.807, 2.05) is 19.1 Å². The predicted octanol–water partition coefficient (Wildman–Crippen LogP) is 3.10. The van der Waals surface area contributed by atoms with Crippen molar-refractivity contribution in [1.82, 2.24) is 10.2 Å². The third-order valence-corrected chi connectivity index (χ3v) is 4.10. The lowest BCUT2D eigenvalue weighted by atomic mass is 9.88. The molecule has 3 heteroatoms. The molecule has 1 atom stereocenters. The Labute approximate surface area is 116 Å². The molecule has 1 saturated heterocycles. The average molecular weight is 264 g/mol. The number of benzene rings is 1. The Morgan fingerprint density at radius 1 is 1.42 bits per heavy atom. The maximum atomic E-state index is 13.3. The summed E-state index contributed by atoms with van der Waals surface area (Å²) >= 11 is 0. The van der Waals surface area contributed by atoms with E-state index >= 15 is 0 Å². The van der Waals surface area contributed by atoms with Crippen LogP contribution >= 0.6 is 0 Å². The van der Waals surface area contributed by atoms with Crippen LogP contribution in [0.4, 0.5) is 4.39 Å². The fourth-order valence-corrected chi connectivity index (χ4v) is 2.94. The molecular formula is C16H25FN2. The molecule has 0 aliphatic carbocycles. The summed E-state index contributed by atoms with van der Waals surface area (Å²) in [5.41, 5.74) is 2.14. The molecule has 106 valence electrons. The van der Waals surface area contributed by atoms with Gasteiger partial charge in [-0.1, -0.05) is 12.1 Å². The highest BCUT2D eigenvalue weighted by molar-refractivity contribution is 5.23. The van der Waals surface area contributed by atoms with Crippen LogP contribution in [0, 0.1) is 12.7 Å². The minimum Gasteiger partial charge on any atom is -0.312 e. The van der Waals surface area contributed by atoms with Crippen LogP contribution < -0.4 is 5.32 Å². The van der Waals surface area contributed by atoms with Gasteiger partial charge in [-0.25, -0.2) is 4.39 Å². The second-order valence-electron chi connectivity index (χ2n) is 6.46. The van der Waals surface area contributed by atoms with E-state index < -0.39 is 0 Å². The van der Waals surface area contributed by atoms with Crippen LogP contribution in [0.5, 0.6) is 0 Å². The van der Waals surface area contributed by atoms with E-state index in [0.29, 0.717) is 6.04 Å². The van der Waals surface area contributed by atoms with Gasteiger partial charge in [0.25, 0.3) is 0 Å². The van der Waals surface area contributed by atoms with Crippen LogP contribution in [-0.2, 0) is 6.54 Å². The number of aryl methyl sites for hydroxylation is 1. The zero-order valence-corrected chi connectivity index (χ0v) is 12.5. The molecule has 0 aromatic heterocycles. The van der Waals surface area contributed by atoms with Crippen LogP contribution in [0.25, 0.3) is 0 Å². The van der Waals surface area contributed by atoms with Gasteiger partial charge in [-0.2, -0.15) is 0 Å². The summed E-state index contributed by atoms with van der Waals surface area (Å²) < 4.78 is 13.3. The molecule has 0 bridgehead atoms. The van der Waals surface area contributed by atoms with E-state index in [0.717, 1.165) is 25.1 Å². The molecule has 0 saturated carbocycles. The van der Waals surface area contributed by atoms with Gasteiger partial charge in [0.15, 0.2) is 0 Å². The Bertz CT molecular complexity index is 442. The summed E-state index contributed by atoms with van der Waals surface area (Å²) in [5, 5.41) is 3.55. The Morgan fingerprint density at radius 2 is 2.16 bits per heavy atom. The van der Waals surface area contributed by atoms with E-state index in [-0.39, 0.29) is 11.4 Å². The highest BCUT2D eigenvalue weighted by Gasteiger charge is 2.29. The normalized spacial score (nSPS) is 22.7. The van der Waals surface area contributed by atoms with Gasteiger partial charge in [-0.15, -0.1) is 0 Å². The van der Waals surface area contributed by atoms with Gasteiger partial charge in [0.05, 0.1) is 0 Å². The van der Waals surface area contributed by atoms with Gasteiger partial charge < -0.3 is 5.32 Å². The van der Waals surface area contributed by atoms with Crippen molar-refractivity contribution in [2.24, 2.45) is 0 Å². The molecule has 1 unspecified atom stereocenters. The number of nitrogens with zero attached hydrogens (tertiary/aromatic N) is 1. The minimum atomic E-state index is -0.116. The first-order valence-corrected chi connectivity index (χ1v) is 7.08. The van der Waals surface area contributed by atoms with Crippen molar-refractivity contribution in [3.63, 3.8) is 0 Å². The first-order valence-electron chi connectivity index (χ1n) is 7.08. The van der Waals surface area contributed by atoms with Gasteiger partial charge in [0.2, 0.25) is 0 Å². The van der Waals surface area contributed by atoms with Crippen LogP contribution in [0.2, 0.25) is 0 Å². The topological polar surface area (TPSA) is 15.3 Å². The number of halogens is 1. The second kappa shape index (κ2) is 5.59. The molecule has 19 heavy (non-hydrogen) atoms. The summed E-state index contributed by atoms with van der Waals surface area (Å²) in [6.45, 7) is 8.31. The summed E-state index contributed by atoms with van der Waals surface area (Å²) in [5.74, 6) is -0.116. The zero-order valence-electron chi connectivity index (χ0n) is 12.5. The second-order valence-corrected chi connectivity index (χ2v) is 6.46. The largest absolute Gasteiger partial charge is 0.312 e. The fraction of sp³-hybridized carbons (Fsp3) is 0.625. The molecule has 1 heterocycles. The Morgan fingerprint density at radius 3 is 2.79 bits per heavy atom. The lowest BCUT2D eigenvalue weighted by Gasteiger charge is -2.40. The van der Waals surface area contributed by atoms with Crippen molar-refractivity contribution in [3.8, 4) is 0 Å². The maximum absolute atomic E-state index is 13.3. The molecule has 0 amide bonds. The van der Waals surface area contributed by atoms with E-state index in [9.17, 15) is 4.39 Å². The molecule has 1 N–H and O–H groups in total. The van der Waals surface area contributed by atoms with Gasteiger partial charge in [-0.05, 0) is 64.4 Å². The summed E-state index contributed by atoms with van der Waals surface area (Å²) in [6, 6.07) is 6.02. The molecule has 2 rings (SSSR count). The molecule has 1 aromatic rings. The number of nitrogens with one attached hydrogen (secondary N) is 1. The highest BCUT2D eigenvalue weighted by Crippen LogP contribution is 2.23. The summed E-state index contributed by atoms with van der Waals surface area (Å²) in [6.07, 6.45) is 2.34. The quantitative estimate of drug-likeness (QED) is 0.902. The zero-order chi connectivity index (χ0) is 14.0. The summed E-state index contributed by atoms with van der Waals surface area (Å²) in [7, 11) is 2.17. The first-order chi connectivity index (χ1) is 8.87. The molecule has 2 nitrogen and oxygen atoms in total. The fourth-order valence-electron chi connectivity index (χ4n) is 2.94. The predicted molar refractivity (Wildman–Crippen MR) is 77.7 cm³/mol. The van der Waals surface area contributed by atoms with Gasteiger partial charge in [0.1, 0.15) is 5.82 Å². The molecule has 0 radical (unpaired) electrons. The Kier molecular flexibility index (Phi) is 4.26. The molecule has 1 aliphatic rings. The molecule has 1 fully saturated rings. The number of rotatable bonds is 3. The Balaban J connectivity index is 2.00. The maximum Gasteiger partial charge on any atom is 0.126 e. The van der Waals surface area contributed by atoms with Crippen LogP contribution in [0.15, 0.2) is 18.2 Å². The average Bonchev–Trinajstić information content (AvgIpc) is 2.32. The summed E-state index contributed by atoms with van der Waals surface area (Å²) in [4.78, 5) is 2.40. The van der Waals surface area contributed by atoms with Crippen LogP contribution in [0.1, 0.15) is 37.8 Å². The van der Waals surface area contributed by atoms with Gasteiger partial charge >= 0.3 is 0 Å². The highest BCUT2D eigenvalue weighted by atomic mass is 19.1. The monoisotopic (exact) mass is 264 g/mol. The third kappa shape index (κ3) is 3.77. The molecule has 1 aliphatic heterocycles. The lowest BCUT2D eigenvalue weighted by molar-refractivity contribution is 0.138. The van der Waals surface area contributed by atoms with Crippen LogP contribution in [0.3, 0.4) is 0 Å². The van der Waals surface area contributed by atoms with E-state index in [1.165, 1.54) is 12.0 Å². The third-order valence-electron chi connectivity index (χ3n) is 4.10. The standard InChI is InChI=1S/C16H25FN2/c1-12-9-13(5-6-15(12)17)11-19(4)14-7-8-18-16(2,3)10-14/h5-6,9,14,18H,7-8,10-11H2,1-4H3. The Hall–Kier alpha value is -0.930. The van der Waals surface area contributed by atoms with Gasteiger partial charge in [-0.3, -0.25) is 4.90 Å². The smallest absolute Gasteiger partial charge is 0.126 e. The van der Waals surface area contributed by atoms with Crippen molar-refractivity contribution < 1.29 is 4.39 Å². The van der Waals surface area contributed by atoms with Crippen molar-refractivity contribution in [1.29, 1.82) is 0 Å². The van der Waals surface area contributed by atoms with E-state index in [1.54, 1.807) is 6.07 Å². The first kappa shape index (κ1) is 14.5. The van der Waals surface area contributed by atoms with E-state index in [2.05, 4.69) is 31.1 Å². The van der Waals surface area contributed by atoms with Crippen molar-refractivity contribution in [2.45, 2.75) is 51.7 Å². The van der Waals surface area contributed by atoms with Crippen molar-refractivity contribution >= 4 is 0 Å². The lowest BCUT2D eigenvalue weighted by Crippen LogP contribution is -2.52. The number of piperidine rings is 1. The van der Waals surface area contributed by atoms with Crippen molar-refractivity contribution in [3.05, 3.63) is 35.1 Å².